The van der Waals surface area contributed by atoms with E-state index in [1.54, 1.807) is 25.4 Å². The molecule has 4 N–H and O–H groups in total. The van der Waals surface area contributed by atoms with E-state index in [-0.39, 0.29) is 24.5 Å². The van der Waals surface area contributed by atoms with Gasteiger partial charge in [0.15, 0.2) is 0 Å². The standard InChI is InChI=1S/C29H40ClN7O4/c1-18(2)22(8-13-38)32-27-25-21(30)17-31-26(25)34-29(35-27)33-23-5-4-19(16-24(23)40-3)28(39)37-9-6-20(7-10-37)36-11-14-41-15-12-36/h4-5,16-18,20,22,38H,6-15H2,1-3H3,(H3,31,32,33,34,35)/t22-/m0/s1. The van der Waals surface area contributed by atoms with E-state index in [1.807, 2.05) is 11.0 Å². The third kappa shape index (κ3) is 6.69. The quantitative estimate of drug-likeness (QED) is 0.278. The van der Waals surface area contributed by atoms with Gasteiger partial charge >= 0.3 is 0 Å². The number of methoxy groups -OCH3 is 1. The molecule has 1 atom stereocenters. The molecule has 3 aromatic rings. The molecule has 2 saturated heterocycles. The number of fused-ring (bicyclic) bond motifs is 1. The smallest absolute Gasteiger partial charge is 0.253 e. The van der Waals surface area contributed by atoms with E-state index in [4.69, 9.17) is 26.1 Å². The van der Waals surface area contributed by atoms with E-state index >= 15 is 0 Å². The number of aromatic amines is 1. The summed E-state index contributed by atoms with van der Waals surface area (Å²) >= 11 is 6.45. The number of benzene rings is 1. The van der Waals surface area contributed by atoms with Gasteiger partial charge in [-0.05, 0) is 43.4 Å². The Morgan fingerprint density at radius 3 is 2.66 bits per heavy atom. The predicted octanol–water partition coefficient (Wildman–Crippen LogP) is 4.12. The van der Waals surface area contributed by atoms with Crippen LogP contribution in [0.15, 0.2) is 24.4 Å². The average Bonchev–Trinajstić information content (AvgIpc) is 3.37. The average molecular weight is 586 g/mol. The van der Waals surface area contributed by atoms with Crippen LogP contribution in [0.5, 0.6) is 5.75 Å². The number of hydrogen-bond donors (Lipinski definition) is 4. The first-order valence-corrected chi connectivity index (χ1v) is 14.7. The second kappa shape index (κ2) is 13.2. The molecule has 4 heterocycles. The summed E-state index contributed by atoms with van der Waals surface area (Å²) in [6.07, 6.45) is 4.19. The van der Waals surface area contributed by atoms with Crippen LogP contribution in [0, 0.1) is 5.92 Å². The Bertz CT molecular complexity index is 1340. The first kappa shape index (κ1) is 29.4. The number of hydrogen-bond acceptors (Lipinski definition) is 9. The van der Waals surface area contributed by atoms with Crippen LogP contribution < -0.4 is 15.4 Å². The maximum Gasteiger partial charge on any atom is 0.253 e. The number of halogens is 1. The number of aromatic nitrogens is 3. The van der Waals surface area contributed by atoms with Crippen molar-refractivity contribution in [2.75, 3.05) is 63.7 Å². The number of H-pyrrole nitrogens is 1. The van der Waals surface area contributed by atoms with Crippen molar-refractivity contribution >= 4 is 46.0 Å². The minimum absolute atomic E-state index is 0.00377. The molecule has 0 saturated carbocycles. The lowest BCUT2D eigenvalue weighted by Gasteiger charge is -2.40. The number of piperidine rings is 1. The Morgan fingerprint density at radius 2 is 1.98 bits per heavy atom. The molecule has 2 aromatic heterocycles. The van der Waals surface area contributed by atoms with Crippen molar-refractivity contribution in [3.05, 3.63) is 35.0 Å². The summed E-state index contributed by atoms with van der Waals surface area (Å²) in [5.41, 5.74) is 1.79. The third-order valence-electron chi connectivity index (χ3n) is 8.06. The van der Waals surface area contributed by atoms with Gasteiger partial charge in [-0.1, -0.05) is 25.4 Å². The van der Waals surface area contributed by atoms with Crippen LogP contribution in [0.25, 0.3) is 11.0 Å². The van der Waals surface area contributed by atoms with Crippen LogP contribution in [-0.4, -0.2) is 101 Å². The molecular weight excluding hydrogens is 546 g/mol. The van der Waals surface area contributed by atoms with Crippen molar-refractivity contribution in [2.24, 2.45) is 5.92 Å². The lowest BCUT2D eigenvalue weighted by atomic mass is 10.0. The molecule has 2 aliphatic heterocycles. The molecule has 1 aromatic carbocycles. The summed E-state index contributed by atoms with van der Waals surface area (Å²) in [4.78, 5) is 30.2. The number of nitrogens with one attached hydrogen (secondary N) is 3. The van der Waals surface area contributed by atoms with Crippen molar-refractivity contribution < 1.29 is 19.4 Å². The summed E-state index contributed by atoms with van der Waals surface area (Å²) in [7, 11) is 1.58. The summed E-state index contributed by atoms with van der Waals surface area (Å²) in [5.74, 6) is 1.69. The highest BCUT2D eigenvalue weighted by Crippen LogP contribution is 2.33. The Hall–Kier alpha value is -3.12. The van der Waals surface area contributed by atoms with Crippen molar-refractivity contribution in [3.8, 4) is 5.75 Å². The Labute approximate surface area is 245 Å². The largest absolute Gasteiger partial charge is 0.495 e. The molecule has 0 radical (unpaired) electrons. The molecule has 11 nitrogen and oxygen atoms in total. The lowest BCUT2D eigenvalue weighted by molar-refractivity contribution is 0.00159. The Morgan fingerprint density at radius 1 is 1.22 bits per heavy atom. The van der Waals surface area contributed by atoms with E-state index in [0.29, 0.717) is 57.3 Å². The van der Waals surface area contributed by atoms with E-state index < -0.39 is 0 Å². The van der Waals surface area contributed by atoms with E-state index in [0.717, 1.165) is 52.2 Å². The van der Waals surface area contributed by atoms with Gasteiger partial charge in [0.05, 0.1) is 36.4 Å². The van der Waals surface area contributed by atoms with Gasteiger partial charge in [-0.15, -0.1) is 0 Å². The number of rotatable bonds is 10. The third-order valence-corrected chi connectivity index (χ3v) is 8.36. The van der Waals surface area contributed by atoms with Gasteiger partial charge in [0.25, 0.3) is 5.91 Å². The second-order valence-corrected chi connectivity index (χ2v) is 11.4. The molecule has 1 amide bonds. The summed E-state index contributed by atoms with van der Waals surface area (Å²) in [5, 5.41) is 17.4. The van der Waals surface area contributed by atoms with Crippen molar-refractivity contribution in [1.29, 1.82) is 0 Å². The van der Waals surface area contributed by atoms with Crippen LogP contribution in [0.2, 0.25) is 5.02 Å². The minimum atomic E-state index is -0.00400. The molecule has 5 rings (SSSR count). The maximum absolute atomic E-state index is 13.4. The molecule has 0 unspecified atom stereocenters. The summed E-state index contributed by atoms with van der Waals surface area (Å²) in [6.45, 7) is 9.22. The zero-order valence-electron chi connectivity index (χ0n) is 24.0. The fourth-order valence-electron chi connectivity index (χ4n) is 5.65. The van der Waals surface area contributed by atoms with Gasteiger partial charge in [-0.25, -0.2) is 0 Å². The van der Waals surface area contributed by atoms with Crippen LogP contribution in [0.1, 0.15) is 43.5 Å². The lowest BCUT2D eigenvalue weighted by Crippen LogP contribution is -2.50. The Balaban J connectivity index is 1.31. The van der Waals surface area contributed by atoms with Crippen molar-refractivity contribution in [1.82, 2.24) is 24.8 Å². The number of aliphatic hydroxyl groups is 1. The summed E-state index contributed by atoms with van der Waals surface area (Å²) in [6, 6.07) is 5.89. The first-order chi connectivity index (χ1) is 19.9. The van der Waals surface area contributed by atoms with Crippen LogP contribution in [0.4, 0.5) is 17.5 Å². The first-order valence-electron chi connectivity index (χ1n) is 14.4. The van der Waals surface area contributed by atoms with E-state index in [9.17, 15) is 9.90 Å². The van der Waals surface area contributed by atoms with Crippen molar-refractivity contribution in [3.63, 3.8) is 0 Å². The summed E-state index contributed by atoms with van der Waals surface area (Å²) < 4.78 is 11.1. The highest BCUT2D eigenvalue weighted by molar-refractivity contribution is 6.36. The molecular formula is C29H40ClN7O4. The molecule has 12 heteroatoms. The SMILES string of the molecule is COc1cc(C(=O)N2CCC(N3CCOCC3)CC2)ccc1Nc1nc(N[C@@H](CCO)C(C)C)c2c(Cl)c[nH]c2n1. The van der Waals surface area contributed by atoms with Gasteiger partial charge in [-0.3, -0.25) is 9.69 Å². The zero-order chi connectivity index (χ0) is 28.9. The molecule has 0 aliphatic carbocycles. The molecule has 2 aliphatic rings. The number of aliphatic hydroxyl groups excluding tert-OH is 1. The minimum Gasteiger partial charge on any atom is -0.495 e. The highest BCUT2D eigenvalue weighted by Gasteiger charge is 2.28. The van der Waals surface area contributed by atoms with Gasteiger partial charge in [0, 0.05) is 56.6 Å². The number of likely N-dealkylation sites (tertiary alicyclic amines) is 1. The Kier molecular flexibility index (Phi) is 9.49. The fourth-order valence-corrected chi connectivity index (χ4v) is 5.88. The molecule has 222 valence electrons. The van der Waals surface area contributed by atoms with Crippen LogP contribution in [0.3, 0.4) is 0 Å². The molecule has 41 heavy (non-hydrogen) atoms. The normalized spacial score (nSPS) is 17.7. The maximum atomic E-state index is 13.4. The van der Waals surface area contributed by atoms with Crippen molar-refractivity contribution in [2.45, 2.75) is 45.2 Å². The van der Waals surface area contributed by atoms with Gasteiger partial charge in [-0.2, -0.15) is 9.97 Å². The number of ether oxygens (including phenoxy) is 2. The second-order valence-electron chi connectivity index (χ2n) is 11.0. The number of anilines is 3. The number of carbonyl (C=O) groups excluding carboxylic acids is 1. The fraction of sp³-hybridized carbons (Fsp3) is 0.552. The zero-order valence-corrected chi connectivity index (χ0v) is 24.7. The monoisotopic (exact) mass is 585 g/mol. The highest BCUT2D eigenvalue weighted by atomic mass is 35.5. The predicted molar refractivity (Wildman–Crippen MR) is 160 cm³/mol. The number of morpholine rings is 1. The van der Waals surface area contributed by atoms with Crippen LogP contribution in [-0.2, 0) is 4.74 Å². The van der Waals surface area contributed by atoms with Gasteiger partial charge < -0.3 is 35.1 Å². The number of amides is 1. The molecule has 0 spiro atoms. The van der Waals surface area contributed by atoms with Crippen LogP contribution >= 0.6 is 11.6 Å². The van der Waals surface area contributed by atoms with E-state index in [2.05, 4.69) is 39.3 Å². The van der Waals surface area contributed by atoms with Gasteiger partial charge in [0.1, 0.15) is 17.2 Å². The number of nitrogens with zero attached hydrogens (tertiary/aromatic N) is 4. The van der Waals surface area contributed by atoms with E-state index in [1.165, 1.54) is 0 Å². The molecule has 2 fully saturated rings. The molecule has 0 bridgehead atoms. The van der Waals surface area contributed by atoms with Gasteiger partial charge in [0.2, 0.25) is 5.95 Å². The topological polar surface area (TPSA) is 128 Å². The number of carbonyl (C=O) groups is 1.